The van der Waals surface area contributed by atoms with Gasteiger partial charge in [0, 0.05) is 5.69 Å². The molecule has 1 heterocycles. The number of benzene rings is 2. The summed E-state index contributed by atoms with van der Waals surface area (Å²) in [6, 6.07) is 7.45. The number of anilines is 2. The van der Waals surface area contributed by atoms with Gasteiger partial charge in [0.25, 0.3) is 15.9 Å². The number of hydrogen-bond acceptors (Lipinski definition) is 4. The Bertz CT molecular complexity index is 925. The minimum Gasteiger partial charge on any atom is -0.482 e. The first kappa shape index (κ1) is 17.1. The number of rotatable bonds is 3. The van der Waals surface area contributed by atoms with Crippen molar-refractivity contribution in [3.05, 3.63) is 48.0 Å². The zero-order valence-corrected chi connectivity index (χ0v) is 13.2. The molecule has 1 amide bonds. The summed E-state index contributed by atoms with van der Waals surface area (Å²) in [5, 5.41) is 2.48. The molecule has 2 aromatic rings. The summed E-state index contributed by atoms with van der Waals surface area (Å²) < 4.78 is 69.6. The Morgan fingerprint density at radius 2 is 1.76 bits per heavy atom. The van der Waals surface area contributed by atoms with Gasteiger partial charge in [-0.25, -0.2) is 8.42 Å². The van der Waals surface area contributed by atoms with Gasteiger partial charge in [-0.05, 0) is 42.5 Å². The van der Waals surface area contributed by atoms with Crippen molar-refractivity contribution in [1.29, 1.82) is 0 Å². The Hall–Kier alpha value is -2.75. The first-order valence-electron chi connectivity index (χ1n) is 6.92. The predicted octanol–water partition coefficient (Wildman–Crippen LogP) is 2.84. The monoisotopic (exact) mass is 372 g/mol. The maximum atomic E-state index is 12.5. The van der Waals surface area contributed by atoms with E-state index < -0.39 is 27.7 Å². The van der Waals surface area contributed by atoms with E-state index in [1.807, 2.05) is 0 Å². The highest BCUT2D eigenvalue weighted by molar-refractivity contribution is 7.92. The van der Waals surface area contributed by atoms with Crippen LogP contribution in [0.25, 0.3) is 0 Å². The van der Waals surface area contributed by atoms with E-state index in [0.717, 1.165) is 24.3 Å². The molecule has 0 bridgehead atoms. The van der Waals surface area contributed by atoms with Crippen LogP contribution in [-0.4, -0.2) is 20.9 Å². The van der Waals surface area contributed by atoms with Crippen LogP contribution in [0.1, 0.15) is 5.56 Å². The van der Waals surface area contributed by atoms with E-state index in [1.165, 1.54) is 18.2 Å². The second-order valence-electron chi connectivity index (χ2n) is 5.18. The molecule has 6 nitrogen and oxygen atoms in total. The molecule has 0 aliphatic carbocycles. The fraction of sp³-hybridized carbons (Fsp3) is 0.133. The second-order valence-corrected chi connectivity index (χ2v) is 6.86. The van der Waals surface area contributed by atoms with Crippen LogP contribution in [0, 0.1) is 0 Å². The quantitative estimate of drug-likeness (QED) is 0.868. The van der Waals surface area contributed by atoms with Crippen molar-refractivity contribution < 1.29 is 31.1 Å². The molecule has 0 radical (unpaired) electrons. The summed E-state index contributed by atoms with van der Waals surface area (Å²) in [5.74, 6) is -0.0918. The van der Waals surface area contributed by atoms with Gasteiger partial charge in [0.05, 0.1) is 16.1 Å². The molecule has 2 aromatic carbocycles. The van der Waals surface area contributed by atoms with Crippen molar-refractivity contribution in [2.45, 2.75) is 11.1 Å². The zero-order chi connectivity index (χ0) is 18.2. The van der Waals surface area contributed by atoms with Crippen LogP contribution in [-0.2, 0) is 21.0 Å². The third kappa shape index (κ3) is 3.68. The van der Waals surface area contributed by atoms with E-state index in [9.17, 15) is 26.4 Å². The molecule has 0 unspecified atom stereocenters. The first-order chi connectivity index (χ1) is 11.6. The summed E-state index contributed by atoms with van der Waals surface area (Å²) in [4.78, 5) is 11.1. The van der Waals surface area contributed by atoms with Gasteiger partial charge in [-0.3, -0.25) is 9.52 Å². The third-order valence-corrected chi connectivity index (χ3v) is 4.74. The number of fused-ring (bicyclic) bond motifs is 1. The lowest BCUT2D eigenvalue weighted by Crippen LogP contribution is -2.25. The van der Waals surface area contributed by atoms with Crippen LogP contribution in [0.3, 0.4) is 0 Å². The number of alkyl halides is 3. The lowest BCUT2D eigenvalue weighted by Gasteiger charge is -2.18. The summed E-state index contributed by atoms with van der Waals surface area (Å²) in [6.07, 6.45) is -4.51. The van der Waals surface area contributed by atoms with Crippen molar-refractivity contribution >= 4 is 27.3 Å². The summed E-state index contributed by atoms with van der Waals surface area (Å²) >= 11 is 0. The number of nitrogens with one attached hydrogen (secondary N) is 2. The molecule has 0 atom stereocenters. The van der Waals surface area contributed by atoms with E-state index in [1.54, 1.807) is 0 Å². The molecule has 3 rings (SSSR count). The van der Waals surface area contributed by atoms with Crippen LogP contribution < -0.4 is 14.8 Å². The first-order valence-corrected chi connectivity index (χ1v) is 8.40. The highest BCUT2D eigenvalue weighted by Gasteiger charge is 2.30. The van der Waals surface area contributed by atoms with Crippen LogP contribution in [0.4, 0.5) is 24.5 Å². The smallest absolute Gasteiger partial charge is 0.416 e. The summed E-state index contributed by atoms with van der Waals surface area (Å²) in [6.45, 7) is -0.164. The Balaban J connectivity index is 1.85. The number of ether oxygens (including phenoxy) is 1. The topological polar surface area (TPSA) is 84.5 Å². The SMILES string of the molecule is O=C1COc2ccc(S(=O)(=O)Nc3ccc(C(F)(F)F)cc3)cc2N1. The lowest BCUT2D eigenvalue weighted by molar-refractivity contribution is -0.137. The fourth-order valence-corrected chi connectivity index (χ4v) is 3.26. The maximum absolute atomic E-state index is 12.5. The Labute approximate surface area is 140 Å². The van der Waals surface area contributed by atoms with Crippen LogP contribution in [0.2, 0.25) is 0 Å². The summed E-state index contributed by atoms with van der Waals surface area (Å²) in [7, 11) is -4.05. The van der Waals surface area contributed by atoms with Gasteiger partial charge >= 0.3 is 6.18 Å². The van der Waals surface area contributed by atoms with Crippen molar-refractivity contribution in [2.75, 3.05) is 16.6 Å². The molecule has 25 heavy (non-hydrogen) atoms. The molecule has 0 spiro atoms. The summed E-state index contributed by atoms with van der Waals surface area (Å²) in [5.41, 5.74) is -0.707. The molecule has 0 aromatic heterocycles. The molecular formula is C15H11F3N2O4S. The van der Waals surface area contributed by atoms with E-state index in [-0.39, 0.29) is 22.9 Å². The van der Waals surface area contributed by atoms with Crippen LogP contribution in [0.5, 0.6) is 5.75 Å². The Morgan fingerprint density at radius 3 is 2.40 bits per heavy atom. The van der Waals surface area contributed by atoms with E-state index in [2.05, 4.69) is 10.0 Å². The number of carbonyl (C=O) groups excluding carboxylic acids is 1. The molecule has 0 saturated heterocycles. The Morgan fingerprint density at radius 1 is 1.08 bits per heavy atom. The van der Waals surface area contributed by atoms with Gasteiger partial charge < -0.3 is 10.1 Å². The van der Waals surface area contributed by atoms with E-state index >= 15 is 0 Å². The van der Waals surface area contributed by atoms with Gasteiger partial charge in [-0.1, -0.05) is 0 Å². The second kappa shape index (κ2) is 5.96. The number of halogens is 3. The average molecular weight is 372 g/mol. The average Bonchev–Trinajstić information content (AvgIpc) is 2.53. The lowest BCUT2D eigenvalue weighted by atomic mass is 10.2. The molecule has 0 saturated carbocycles. The number of carbonyl (C=O) groups is 1. The zero-order valence-electron chi connectivity index (χ0n) is 12.4. The minimum absolute atomic E-state index is 0.0222. The molecule has 1 aliphatic rings. The molecule has 132 valence electrons. The highest BCUT2D eigenvalue weighted by atomic mass is 32.2. The molecule has 0 fully saturated rings. The standard InChI is InChI=1S/C15H11F3N2O4S/c16-15(17,18)9-1-3-10(4-2-9)20-25(22,23)11-5-6-13-12(7-11)19-14(21)8-24-13/h1-7,20H,8H2,(H,19,21). The van der Waals surface area contributed by atoms with Crippen molar-refractivity contribution in [2.24, 2.45) is 0 Å². The molecule has 2 N–H and O–H groups in total. The number of sulfonamides is 1. The Kier molecular flexibility index (Phi) is 4.07. The predicted molar refractivity (Wildman–Crippen MR) is 82.8 cm³/mol. The van der Waals surface area contributed by atoms with Crippen molar-refractivity contribution in [1.82, 2.24) is 0 Å². The normalized spacial score (nSPS) is 14.3. The van der Waals surface area contributed by atoms with Gasteiger partial charge in [-0.2, -0.15) is 13.2 Å². The van der Waals surface area contributed by atoms with Crippen molar-refractivity contribution in [3.8, 4) is 5.75 Å². The number of amides is 1. The maximum Gasteiger partial charge on any atom is 0.416 e. The van der Waals surface area contributed by atoms with Gasteiger partial charge in [0.1, 0.15) is 5.75 Å². The molecule has 10 heteroatoms. The fourth-order valence-electron chi connectivity index (χ4n) is 2.17. The molecular weight excluding hydrogens is 361 g/mol. The minimum atomic E-state index is -4.51. The van der Waals surface area contributed by atoms with Crippen LogP contribution in [0.15, 0.2) is 47.4 Å². The van der Waals surface area contributed by atoms with Gasteiger partial charge in [-0.15, -0.1) is 0 Å². The third-order valence-electron chi connectivity index (χ3n) is 3.36. The van der Waals surface area contributed by atoms with E-state index in [0.29, 0.717) is 5.75 Å². The highest BCUT2D eigenvalue weighted by Crippen LogP contribution is 2.32. The van der Waals surface area contributed by atoms with Gasteiger partial charge in [0.15, 0.2) is 6.61 Å². The number of hydrogen-bond donors (Lipinski definition) is 2. The largest absolute Gasteiger partial charge is 0.482 e. The van der Waals surface area contributed by atoms with Gasteiger partial charge in [0.2, 0.25) is 0 Å². The van der Waals surface area contributed by atoms with Crippen molar-refractivity contribution in [3.63, 3.8) is 0 Å². The van der Waals surface area contributed by atoms with Crippen LogP contribution >= 0.6 is 0 Å². The van der Waals surface area contributed by atoms with E-state index in [4.69, 9.17) is 4.74 Å². The molecule has 1 aliphatic heterocycles.